The maximum atomic E-state index is 12.4. The molecule has 132 valence electrons. The zero-order chi connectivity index (χ0) is 17.5. The molecule has 0 unspecified atom stereocenters. The maximum absolute atomic E-state index is 12.4. The number of likely N-dealkylation sites (tertiary alicyclic amines) is 1. The third-order valence-electron chi connectivity index (χ3n) is 4.87. The van der Waals surface area contributed by atoms with E-state index in [9.17, 15) is 9.59 Å². The Hall–Kier alpha value is -2.04. The number of nitrogens with two attached hydrogens (primary N) is 1. The molecule has 0 aliphatic carbocycles. The predicted molar refractivity (Wildman–Crippen MR) is 93.8 cm³/mol. The molecule has 1 fully saturated rings. The maximum Gasteiger partial charge on any atom is 0.260 e. The number of carbonyl (C=O) groups is 2. The van der Waals surface area contributed by atoms with E-state index in [0.29, 0.717) is 31.3 Å². The van der Waals surface area contributed by atoms with E-state index in [1.54, 1.807) is 0 Å². The second-order valence-corrected chi connectivity index (χ2v) is 6.63. The van der Waals surface area contributed by atoms with Crippen LogP contribution in [0.3, 0.4) is 0 Å². The molecule has 1 aliphatic rings. The summed E-state index contributed by atoms with van der Waals surface area (Å²) in [6.07, 6.45) is 3.11. The van der Waals surface area contributed by atoms with Gasteiger partial charge in [-0.3, -0.25) is 9.59 Å². The molecule has 0 bridgehead atoms. The van der Waals surface area contributed by atoms with E-state index in [1.165, 1.54) is 0 Å². The second kappa shape index (κ2) is 8.71. The topological polar surface area (TPSA) is 72.6 Å². The lowest BCUT2D eigenvalue weighted by Gasteiger charge is -2.31. The van der Waals surface area contributed by atoms with Crippen LogP contribution < -0.4 is 10.5 Å². The first-order chi connectivity index (χ1) is 11.5. The van der Waals surface area contributed by atoms with Crippen molar-refractivity contribution in [3.8, 4) is 5.75 Å². The van der Waals surface area contributed by atoms with Crippen molar-refractivity contribution in [1.82, 2.24) is 4.90 Å². The molecule has 1 heterocycles. The largest absolute Gasteiger partial charge is 0.483 e. The van der Waals surface area contributed by atoms with Gasteiger partial charge in [-0.2, -0.15) is 0 Å². The number of rotatable bonds is 7. The van der Waals surface area contributed by atoms with Crippen molar-refractivity contribution >= 4 is 11.8 Å². The molecule has 1 aromatic rings. The van der Waals surface area contributed by atoms with E-state index in [-0.39, 0.29) is 18.4 Å². The monoisotopic (exact) mass is 332 g/mol. The summed E-state index contributed by atoms with van der Waals surface area (Å²) < 4.78 is 5.80. The normalized spacial score (nSPS) is 16.7. The average Bonchev–Trinajstić information content (AvgIpc) is 2.59. The van der Waals surface area contributed by atoms with Crippen molar-refractivity contribution in [2.24, 2.45) is 11.7 Å². The Kier molecular flexibility index (Phi) is 6.64. The summed E-state index contributed by atoms with van der Waals surface area (Å²) in [6.45, 7) is 5.71. The van der Waals surface area contributed by atoms with Crippen LogP contribution in [-0.4, -0.2) is 36.4 Å². The number of piperidine rings is 1. The van der Waals surface area contributed by atoms with Crippen LogP contribution in [0.5, 0.6) is 5.75 Å². The van der Waals surface area contributed by atoms with Gasteiger partial charge in [0.15, 0.2) is 6.61 Å². The summed E-state index contributed by atoms with van der Waals surface area (Å²) in [7, 11) is 0. The second-order valence-electron chi connectivity index (χ2n) is 6.63. The number of ether oxygens (including phenoxy) is 1. The first kappa shape index (κ1) is 18.3. The molecule has 0 saturated carbocycles. The minimum atomic E-state index is -0.259. The van der Waals surface area contributed by atoms with Crippen LogP contribution in [0.1, 0.15) is 51.0 Å². The lowest BCUT2D eigenvalue weighted by Crippen LogP contribution is -2.41. The molecule has 2 amide bonds. The van der Waals surface area contributed by atoms with Crippen LogP contribution in [0.2, 0.25) is 0 Å². The molecule has 1 aromatic carbocycles. The smallest absolute Gasteiger partial charge is 0.260 e. The molecule has 1 aliphatic heterocycles. The Labute approximate surface area is 144 Å². The standard InChI is InChI=1S/C19H28N2O3/c1-3-14(2)16-6-4-5-7-17(16)24-13-19(23)21-10-8-15(9-11-21)12-18(20)22/h4-7,14-15H,3,8-13H2,1-2H3,(H2,20,22)/t14-/m0/s1. The highest BCUT2D eigenvalue weighted by Gasteiger charge is 2.24. The molecule has 5 heteroatoms. The van der Waals surface area contributed by atoms with Gasteiger partial charge >= 0.3 is 0 Å². The van der Waals surface area contributed by atoms with Crippen molar-refractivity contribution in [1.29, 1.82) is 0 Å². The Morgan fingerprint density at radius 1 is 1.29 bits per heavy atom. The lowest BCUT2D eigenvalue weighted by atomic mass is 9.93. The quantitative estimate of drug-likeness (QED) is 0.834. The molecule has 24 heavy (non-hydrogen) atoms. The highest BCUT2D eigenvalue weighted by molar-refractivity contribution is 5.78. The van der Waals surface area contributed by atoms with Crippen LogP contribution in [0.4, 0.5) is 0 Å². The molecular weight excluding hydrogens is 304 g/mol. The molecule has 2 N–H and O–H groups in total. The zero-order valence-corrected chi connectivity index (χ0v) is 14.7. The van der Waals surface area contributed by atoms with Crippen LogP contribution in [0, 0.1) is 5.92 Å². The van der Waals surface area contributed by atoms with Gasteiger partial charge in [0.2, 0.25) is 5.91 Å². The third-order valence-corrected chi connectivity index (χ3v) is 4.87. The molecule has 1 atom stereocenters. The van der Waals surface area contributed by atoms with Gasteiger partial charge in [-0.05, 0) is 42.7 Å². The fourth-order valence-electron chi connectivity index (χ4n) is 3.14. The molecule has 0 radical (unpaired) electrons. The van der Waals surface area contributed by atoms with E-state index in [1.807, 2.05) is 23.1 Å². The van der Waals surface area contributed by atoms with Crippen LogP contribution in [-0.2, 0) is 9.59 Å². The summed E-state index contributed by atoms with van der Waals surface area (Å²) in [6, 6.07) is 7.91. The number of amides is 2. The molecule has 0 aromatic heterocycles. The van der Waals surface area contributed by atoms with Crippen molar-refractivity contribution in [2.45, 2.75) is 45.4 Å². The lowest BCUT2D eigenvalue weighted by molar-refractivity contribution is -0.134. The van der Waals surface area contributed by atoms with Crippen molar-refractivity contribution in [3.05, 3.63) is 29.8 Å². The molecule has 0 spiro atoms. The number of carbonyl (C=O) groups excluding carboxylic acids is 2. The Balaban J connectivity index is 1.85. The van der Waals surface area contributed by atoms with E-state index in [4.69, 9.17) is 10.5 Å². The summed E-state index contributed by atoms with van der Waals surface area (Å²) >= 11 is 0. The van der Waals surface area contributed by atoms with Gasteiger partial charge in [-0.25, -0.2) is 0 Å². The van der Waals surface area contributed by atoms with Gasteiger partial charge in [0, 0.05) is 19.5 Å². The molecule has 5 nitrogen and oxygen atoms in total. The fraction of sp³-hybridized carbons (Fsp3) is 0.579. The average molecular weight is 332 g/mol. The molecular formula is C19H28N2O3. The SMILES string of the molecule is CC[C@H](C)c1ccccc1OCC(=O)N1CCC(CC(N)=O)CC1. The van der Waals surface area contributed by atoms with Crippen LogP contribution in [0.15, 0.2) is 24.3 Å². The van der Waals surface area contributed by atoms with E-state index >= 15 is 0 Å². The van der Waals surface area contributed by atoms with Crippen molar-refractivity contribution in [3.63, 3.8) is 0 Å². The van der Waals surface area contributed by atoms with Gasteiger partial charge in [0.1, 0.15) is 5.75 Å². The first-order valence-electron chi connectivity index (χ1n) is 8.79. The van der Waals surface area contributed by atoms with E-state index < -0.39 is 0 Å². The minimum Gasteiger partial charge on any atom is -0.483 e. The summed E-state index contributed by atoms with van der Waals surface area (Å²) in [5.41, 5.74) is 6.39. The number of nitrogens with zero attached hydrogens (tertiary/aromatic N) is 1. The molecule has 1 saturated heterocycles. The number of hydrogen-bond donors (Lipinski definition) is 1. The predicted octanol–water partition coefficient (Wildman–Crippen LogP) is 2.69. The van der Waals surface area contributed by atoms with Crippen LogP contribution >= 0.6 is 0 Å². The first-order valence-corrected chi connectivity index (χ1v) is 8.79. The van der Waals surface area contributed by atoms with Gasteiger partial charge in [0.05, 0.1) is 0 Å². The van der Waals surface area contributed by atoms with E-state index in [0.717, 1.165) is 30.6 Å². The van der Waals surface area contributed by atoms with Gasteiger partial charge in [0.25, 0.3) is 5.91 Å². The number of hydrogen-bond acceptors (Lipinski definition) is 3. The summed E-state index contributed by atoms with van der Waals surface area (Å²) in [5, 5.41) is 0. The van der Waals surface area contributed by atoms with Crippen molar-refractivity contribution in [2.75, 3.05) is 19.7 Å². The summed E-state index contributed by atoms with van der Waals surface area (Å²) in [4.78, 5) is 25.2. The van der Waals surface area contributed by atoms with Crippen molar-refractivity contribution < 1.29 is 14.3 Å². The number of para-hydroxylation sites is 1. The fourth-order valence-corrected chi connectivity index (χ4v) is 3.14. The molecule has 2 rings (SSSR count). The number of primary amides is 1. The van der Waals surface area contributed by atoms with E-state index in [2.05, 4.69) is 19.9 Å². The van der Waals surface area contributed by atoms with Gasteiger partial charge in [-0.15, -0.1) is 0 Å². The van der Waals surface area contributed by atoms with Gasteiger partial charge < -0.3 is 15.4 Å². The minimum absolute atomic E-state index is 0.00600. The third kappa shape index (κ3) is 4.98. The Morgan fingerprint density at radius 2 is 1.96 bits per heavy atom. The van der Waals surface area contributed by atoms with Gasteiger partial charge in [-0.1, -0.05) is 32.0 Å². The zero-order valence-electron chi connectivity index (χ0n) is 14.7. The summed E-state index contributed by atoms with van der Waals surface area (Å²) in [5.74, 6) is 1.25. The highest BCUT2D eigenvalue weighted by atomic mass is 16.5. The number of benzene rings is 1. The Bertz CT molecular complexity index is 565. The Morgan fingerprint density at radius 3 is 2.58 bits per heavy atom. The highest BCUT2D eigenvalue weighted by Crippen LogP contribution is 2.28. The van der Waals surface area contributed by atoms with Crippen LogP contribution in [0.25, 0.3) is 0 Å².